The van der Waals surface area contributed by atoms with Crippen molar-refractivity contribution < 1.29 is 41.2 Å². The Kier molecular flexibility index (Phi) is 5.93. The van der Waals surface area contributed by atoms with E-state index in [-0.39, 0.29) is 31.1 Å². The minimum absolute atomic E-state index is 0.0449. The van der Waals surface area contributed by atoms with Gasteiger partial charge >= 0.3 is 13.8 Å². The number of rotatable bonds is 7. The van der Waals surface area contributed by atoms with Gasteiger partial charge in [-0.2, -0.15) is 13.2 Å². The molecule has 1 fully saturated rings. The number of anilines is 1. The van der Waals surface area contributed by atoms with Crippen molar-refractivity contribution in [2.75, 3.05) is 24.9 Å². The number of alkyl halides is 3. The van der Waals surface area contributed by atoms with Gasteiger partial charge in [-0.1, -0.05) is 0 Å². The number of nitrogens with zero attached hydrogens (tertiary/aromatic N) is 1. The molecule has 3 rings (SSSR count). The number of carbonyl (C=O) groups is 2. The Morgan fingerprint density at radius 3 is 2.17 bits per heavy atom. The van der Waals surface area contributed by atoms with Gasteiger partial charge in [-0.25, -0.2) is 5.06 Å². The standard InChI is InChI=1S/C18H21F3NO6P/c1-4-26-22-12-8-7-10(18(19,20)21)9-11(12)17(13-14(22)16(24)15(13)23)29(25,27-5-2)28-6-3/h7-9,13-14,17H,4-6H2,1-3H3. The maximum absolute atomic E-state index is 13.6. The SMILES string of the molecule is CCON1c2ccc(C(F)(F)F)cc2C(P(=O)(OCC)OCC)C2C(=O)C(=O)C21. The van der Waals surface area contributed by atoms with Crippen LogP contribution in [0.25, 0.3) is 0 Å². The molecule has 3 unspecified atom stereocenters. The zero-order valence-electron chi connectivity index (χ0n) is 16.1. The number of hydrogen-bond acceptors (Lipinski definition) is 7. The van der Waals surface area contributed by atoms with Crippen molar-refractivity contribution in [2.24, 2.45) is 5.92 Å². The molecule has 2 aliphatic rings. The zero-order chi connectivity index (χ0) is 21.6. The van der Waals surface area contributed by atoms with Crippen LogP contribution < -0.4 is 5.06 Å². The summed E-state index contributed by atoms with van der Waals surface area (Å²) in [6.07, 6.45) is -4.66. The summed E-state index contributed by atoms with van der Waals surface area (Å²) in [6.45, 7) is 4.78. The third kappa shape index (κ3) is 3.52. The minimum Gasteiger partial charge on any atom is -0.308 e. The average Bonchev–Trinajstić information content (AvgIpc) is 2.66. The summed E-state index contributed by atoms with van der Waals surface area (Å²) >= 11 is 0. The molecular formula is C18H21F3NO6P. The van der Waals surface area contributed by atoms with Crippen molar-refractivity contribution in [3.05, 3.63) is 29.3 Å². The van der Waals surface area contributed by atoms with Crippen LogP contribution in [0.15, 0.2) is 18.2 Å². The summed E-state index contributed by atoms with van der Waals surface area (Å²) < 4.78 is 64.3. The van der Waals surface area contributed by atoms with E-state index in [2.05, 4.69) is 0 Å². The molecule has 0 spiro atoms. The Morgan fingerprint density at radius 1 is 1.03 bits per heavy atom. The number of carbonyl (C=O) groups excluding carboxylic acids is 2. The highest BCUT2D eigenvalue weighted by Gasteiger charge is 2.65. The Bertz CT molecular complexity index is 864. The van der Waals surface area contributed by atoms with Gasteiger partial charge in [0.25, 0.3) is 0 Å². The lowest BCUT2D eigenvalue weighted by molar-refractivity contribution is -0.152. The van der Waals surface area contributed by atoms with Gasteiger partial charge in [0, 0.05) is 0 Å². The second kappa shape index (κ2) is 7.83. The Balaban J connectivity index is 2.26. The fraction of sp³-hybridized carbons (Fsp3) is 0.556. The lowest BCUT2D eigenvalue weighted by atomic mass is 9.70. The Labute approximate surface area is 165 Å². The summed E-state index contributed by atoms with van der Waals surface area (Å²) in [4.78, 5) is 30.2. The van der Waals surface area contributed by atoms with Crippen LogP contribution in [0.4, 0.5) is 18.9 Å². The van der Waals surface area contributed by atoms with Crippen molar-refractivity contribution in [1.29, 1.82) is 0 Å². The first kappa shape index (κ1) is 22.0. The molecule has 0 bridgehead atoms. The van der Waals surface area contributed by atoms with E-state index in [4.69, 9.17) is 13.9 Å². The van der Waals surface area contributed by atoms with E-state index in [1.165, 1.54) is 0 Å². The number of ketones is 2. The highest BCUT2D eigenvalue weighted by molar-refractivity contribution is 7.54. The molecule has 0 saturated heterocycles. The van der Waals surface area contributed by atoms with Crippen molar-refractivity contribution in [3.63, 3.8) is 0 Å². The van der Waals surface area contributed by atoms with Gasteiger partial charge in [0.1, 0.15) is 11.7 Å². The number of hydrogen-bond donors (Lipinski definition) is 0. The largest absolute Gasteiger partial charge is 0.416 e. The highest BCUT2D eigenvalue weighted by Crippen LogP contribution is 2.69. The molecule has 0 N–H and O–H groups in total. The normalized spacial score (nSPS) is 24.2. The predicted molar refractivity (Wildman–Crippen MR) is 96.4 cm³/mol. The first-order chi connectivity index (χ1) is 13.6. The molecule has 1 saturated carbocycles. The number of hydroxylamine groups is 1. The van der Waals surface area contributed by atoms with Gasteiger partial charge in [-0.3, -0.25) is 19.0 Å². The fourth-order valence-electron chi connectivity index (χ4n) is 3.81. The van der Waals surface area contributed by atoms with Crippen LogP contribution in [0.1, 0.15) is 37.6 Å². The van der Waals surface area contributed by atoms with Crippen LogP contribution in [0.3, 0.4) is 0 Å². The second-order valence-electron chi connectivity index (χ2n) is 6.53. The van der Waals surface area contributed by atoms with E-state index in [9.17, 15) is 27.3 Å². The van der Waals surface area contributed by atoms with Crippen LogP contribution in [0.2, 0.25) is 0 Å². The summed E-state index contributed by atoms with van der Waals surface area (Å²) in [5.74, 6) is -2.76. The molecule has 11 heteroatoms. The molecule has 3 atom stereocenters. The van der Waals surface area contributed by atoms with Crippen molar-refractivity contribution >= 4 is 24.8 Å². The van der Waals surface area contributed by atoms with Crippen LogP contribution >= 0.6 is 7.60 Å². The lowest BCUT2D eigenvalue weighted by Crippen LogP contribution is -2.65. The predicted octanol–water partition coefficient (Wildman–Crippen LogP) is 3.92. The van der Waals surface area contributed by atoms with Crippen molar-refractivity contribution in [2.45, 2.75) is 38.6 Å². The van der Waals surface area contributed by atoms with Gasteiger partial charge in [-0.15, -0.1) is 0 Å². The molecule has 0 amide bonds. The first-order valence-electron chi connectivity index (χ1n) is 9.20. The minimum atomic E-state index is -4.66. The molecule has 160 valence electrons. The smallest absolute Gasteiger partial charge is 0.308 e. The van der Waals surface area contributed by atoms with Gasteiger partial charge in [0.05, 0.1) is 37.0 Å². The van der Waals surface area contributed by atoms with E-state index in [0.29, 0.717) is 0 Å². The summed E-state index contributed by atoms with van der Waals surface area (Å²) in [5, 5.41) is 1.14. The molecule has 0 aromatic heterocycles. The molecule has 0 radical (unpaired) electrons. The summed E-state index contributed by atoms with van der Waals surface area (Å²) in [7, 11) is -4.07. The lowest BCUT2D eigenvalue weighted by Gasteiger charge is -2.50. The first-order valence-corrected chi connectivity index (χ1v) is 10.8. The highest BCUT2D eigenvalue weighted by atomic mass is 31.2. The van der Waals surface area contributed by atoms with Gasteiger partial charge in [-0.05, 0) is 44.5 Å². The quantitative estimate of drug-likeness (QED) is 0.474. The summed E-state index contributed by atoms with van der Waals surface area (Å²) in [6, 6.07) is 1.73. The monoisotopic (exact) mass is 435 g/mol. The average molecular weight is 435 g/mol. The molecule has 1 heterocycles. The van der Waals surface area contributed by atoms with Crippen LogP contribution in [0, 0.1) is 5.92 Å². The number of Topliss-reactive ketones (excluding diaryl/α,β-unsaturated/α-hetero) is 2. The van der Waals surface area contributed by atoms with Crippen LogP contribution in [-0.2, 0) is 34.2 Å². The number of fused-ring (bicyclic) bond motifs is 2. The van der Waals surface area contributed by atoms with Crippen LogP contribution in [0.5, 0.6) is 0 Å². The molecule has 1 aromatic carbocycles. The molecule has 7 nitrogen and oxygen atoms in total. The summed E-state index contributed by atoms with van der Waals surface area (Å²) in [5.41, 5.74) is -2.24. The van der Waals surface area contributed by atoms with E-state index in [1.807, 2.05) is 0 Å². The molecule has 29 heavy (non-hydrogen) atoms. The molecule has 1 aliphatic heterocycles. The van der Waals surface area contributed by atoms with Crippen molar-refractivity contribution in [1.82, 2.24) is 0 Å². The van der Waals surface area contributed by atoms with E-state index in [1.54, 1.807) is 20.8 Å². The molecule has 1 aliphatic carbocycles. The Morgan fingerprint density at radius 2 is 1.66 bits per heavy atom. The number of halogens is 3. The van der Waals surface area contributed by atoms with E-state index < -0.39 is 48.5 Å². The maximum atomic E-state index is 13.6. The topological polar surface area (TPSA) is 82.1 Å². The van der Waals surface area contributed by atoms with E-state index >= 15 is 0 Å². The second-order valence-corrected chi connectivity index (χ2v) is 8.69. The molecule has 1 aromatic rings. The number of benzene rings is 1. The zero-order valence-corrected chi connectivity index (χ0v) is 17.0. The van der Waals surface area contributed by atoms with Gasteiger partial charge in [0.15, 0.2) is 0 Å². The third-order valence-electron chi connectivity index (χ3n) is 4.89. The third-order valence-corrected chi connectivity index (χ3v) is 7.40. The van der Waals surface area contributed by atoms with Gasteiger partial charge in [0.2, 0.25) is 11.6 Å². The molecular weight excluding hydrogens is 414 g/mol. The Hall–Kier alpha value is -1.74. The van der Waals surface area contributed by atoms with Crippen LogP contribution in [-0.4, -0.2) is 37.4 Å². The van der Waals surface area contributed by atoms with Crippen molar-refractivity contribution in [3.8, 4) is 0 Å². The fourth-order valence-corrected chi connectivity index (χ4v) is 6.17. The van der Waals surface area contributed by atoms with E-state index in [0.717, 1.165) is 23.3 Å². The maximum Gasteiger partial charge on any atom is 0.416 e. The van der Waals surface area contributed by atoms with Gasteiger partial charge < -0.3 is 9.05 Å².